The molecule has 0 N–H and O–H groups in total. The minimum absolute atomic E-state index is 0.0752. The second-order valence-electron chi connectivity index (χ2n) is 14.0. The number of methoxy groups -OCH3 is 1. The first-order valence-electron chi connectivity index (χ1n) is 18.4. The number of likely N-dealkylation sites (tertiary alicyclic amines) is 1. The molecule has 2 aliphatic heterocycles. The highest BCUT2D eigenvalue weighted by molar-refractivity contribution is 6.01. The number of nitriles is 1. The Balaban J connectivity index is 1.54. The van der Waals surface area contributed by atoms with Gasteiger partial charge in [0.2, 0.25) is 18.3 Å². The Kier molecular flexibility index (Phi) is 13.5. The smallest absolute Gasteiger partial charge is 0.416 e. The Morgan fingerprint density at radius 1 is 0.967 bits per heavy atom. The molecular weight excluding hydrogens is 803 g/mol. The number of nitrogens with zero attached hydrogens (tertiary/aromatic N) is 7. The third-order valence-electron chi connectivity index (χ3n) is 10.0. The number of aromatic nitrogens is 3. The van der Waals surface area contributed by atoms with Gasteiger partial charge in [-0.15, -0.1) is 0 Å². The van der Waals surface area contributed by atoms with Crippen molar-refractivity contribution in [3.05, 3.63) is 42.4 Å². The molecule has 322 valence electrons. The van der Waals surface area contributed by atoms with E-state index in [1.54, 1.807) is 18.0 Å². The van der Waals surface area contributed by atoms with Gasteiger partial charge < -0.3 is 38.2 Å². The number of anilines is 2. The number of hydrogen-bond acceptors (Lipinski definition) is 16. The highest BCUT2D eigenvalue weighted by Gasteiger charge is 2.56. The van der Waals surface area contributed by atoms with Crippen LogP contribution in [0.5, 0.6) is 5.75 Å². The van der Waals surface area contributed by atoms with Gasteiger partial charge in [-0.25, -0.2) is 19.6 Å². The number of fused-ring (bicyclic) bond motifs is 1. The highest BCUT2D eigenvalue weighted by Crippen LogP contribution is 2.40. The second kappa shape index (κ2) is 18.2. The molecule has 5 rings (SSSR count). The van der Waals surface area contributed by atoms with Gasteiger partial charge in [0.05, 0.1) is 35.9 Å². The average Bonchev–Trinajstić information content (AvgIpc) is 3.63. The normalized spacial score (nSPS) is 22.8. The molecule has 2 aliphatic rings. The van der Waals surface area contributed by atoms with Crippen molar-refractivity contribution in [3.8, 4) is 11.8 Å². The van der Waals surface area contributed by atoms with Gasteiger partial charge in [0, 0.05) is 54.2 Å². The molecule has 0 aliphatic carbocycles. The fourth-order valence-corrected chi connectivity index (χ4v) is 7.11. The van der Waals surface area contributed by atoms with Crippen LogP contribution in [0.25, 0.3) is 11.0 Å². The predicted octanol–water partition coefficient (Wildman–Crippen LogP) is 3.21. The van der Waals surface area contributed by atoms with Gasteiger partial charge in [-0.05, 0) is 36.6 Å². The number of piperidine rings is 1. The van der Waals surface area contributed by atoms with Crippen molar-refractivity contribution in [1.82, 2.24) is 19.4 Å². The predicted molar refractivity (Wildman–Crippen MR) is 199 cm³/mol. The molecule has 0 radical (unpaired) electrons. The zero-order valence-corrected chi connectivity index (χ0v) is 33.5. The van der Waals surface area contributed by atoms with E-state index in [2.05, 4.69) is 9.97 Å². The summed E-state index contributed by atoms with van der Waals surface area (Å²) in [6.07, 6.45) is -11.1. The molecule has 19 nitrogen and oxygen atoms in total. The van der Waals surface area contributed by atoms with Crippen molar-refractivity contribution in [1.29, 1.82) is 5.26 Å². The maximum absolute atomic E-state index is 14.3. The van der Waals surface area contributed by atoms with Crippen LogP contribution in [-0.2, 0) is 53.8 Å². The standard InChI is InChI=1S/C38H42F3N7O12/c1-19-11-14-47(28(52)10-13-42)17-26(19)45(5)33-24-12-15-48(34(24)44-18-43-33)37(54)46(6)25-16-23(38(39,40)41)8-9-27(25)59-36-32(58-22(4)51)30(57-21(3)50)29(56-20(2)49)31(60-36)35(53)55-7/h8-9,12,15-16,18-19,26,29-32,36H,10-11,14,17H2,1-7H3/t19-,26?,29+,30+,31+,32-,36-/m1/s1. The lowest BCUT2D eigenvalue weighted by molar-refractivity contribution is -0.282. The van der Waals surface area contributed by atoms with Crippen LogP contribution in [-0.4, -0.2) is 126 Å². The number of benzene rings is 1. The first kappa shape index (κ1) is 44.6. The maximum atomic E-state index is 14.3. The van der Waals surface area contributed by atoms with E-state index >= 15 is 0 Å². The van der Waals surface area contributed by atoms with Crippen LogP contribution >= 0.6 is 0 Å². The molecular formula is C38H42F3N7O12. The van der Waals surface area contributed by atoms with E-state index in [0.29, 0.717) is 42.8 Å². The number of rotatable bonds is 10. The van der Waals surface area contributed by atoms with Gasteiger partial charge >= 0.3 is 36.1 Å². The summed E-state index contributed by atoms with van der Waals surface area (Å²) in [7, 11) is 3.89. The van der Waals surface area contributed by atoms with E-state index in [1.165, 1.54) is 12.5 Å². The number of likely N-dealkylation sites (N-methyl/N-ethyl adjacent to an activating group) is 1. The Labute approximate surface area is 340 Å². The molecule has 0 spiro atoms. The van der Waals surface area contributed by atoms with Crippen molar-refractivity contribution >= 4 is 58.4 Å². The first-order valence-corrected chi connectivity index (χ1v) is 18.4. The summed E-state index contributed by atoms with van der Waals surface area (Å²) in [4.78, 5) is 89.5. The van der Waals surface area contributed by atoms with Crippen LogP contribution in [0.4, 0.5) is 29.5 Å². The molecule has 1 unspecified atom stereocenters. The summed E-state index contributed by atoms with van der Waals surface area (Å²) in [5.41, 5.74) is -1.61. The topological polar surface area (TPSA) is 222 Å². The third kappa shape index (κ3) is 9.51. The van der Waals surface area contributed by atoms with Crippen LogP contribution < -0.4 is 14.5 Å². The number of halogens is 3. The minimum atomic E-state index is -4.91. The summed E-state index contributed by atoms with van der Waals surface area (Å²) >= 11 is 0. The molecule has 1 aromatic carbocycles. The van der Waals surface area contributed by atoms with E-state index in [9.17, 15) is 41.9 Å². The molecule has 2 saturated heterocycles. The van der Waals surface area contributed by atoms with Gasteiger partial charge in [-0.2, -0.15) is 18.4 Å². The SMILES string of the molecule is COC(=O)[C@H]1O[C@@H](Oc2ccc(C(F)(F)F)cc2N(C)C(=O)n2ccc3c(N(C)C4CN(C(=O)CC#N)CC[C@H]4C)ncnc32)[C@H](OC(C)=O)[C@@H](OC(C)=O)[C@@H]1OC(C)=O. The summed E-state index contributed by atoms with van der Waals surface area (Å²) < 4.78 is 76.2. The molecule has 2 amide bonds. The number of carbonyl (C=O) groups excluding carboxylic acids is 6. The summed E-state index contributed by atoms with van der Waals surface area (Å²) in [6.45, 7) is 5.73. The summed E-state index contributed by atoms with van der Waals surface area (Å²) in [5.74, 6) is -4.35. The number of alkyl halides is 3. The Bertz CT molecular complexity index is 2190. The van der Waals surface area contributed by atoms with Crippen LogP contribution in [0.15, 0.2) is 36.8 Å². The lowest BCUT2D eigenvalue weighted by Gasteiger charge is -2.43. The van der Waals surface area contributed by atoms with Gasteiger partial charge in [0.25, 0.3) is 0 Å². The number of carbonyl (C=O) groups is 6. The van der Waals surface area contributed by atoms with Crippen molar-refractivity contribution < 1.29 is 70.4 Å². The van der Waals surface area contributed by atoms with Crippen molar-refractivity contribution in [3.63, 3.8) is 0 Å². The van der Waals surface area contributed by atoms with Crippen molar-refractivity contribution in [2.75, 3.05) is 44.1 Å². The maximum Gasteiger partial charge on any atom is 0.416 e. The average molecular weight is 846 g/mol. The van der Waals surface area contributed by atoms with E-state index < -0.39 is 83.8 Å². The number of amides is 2. The lowest BCUT2D eigenvalue weighted by Crippen LogP contribution is -2.64. The summed E-state index contributed by atoms with van der Waals surface area (Å²) in [6, 6.07) is 4.37. The molecule has 0 saturated carbocycles. The van der Waals surface area contributed by atoms with E-state index in [0.717, 1.165) is 50.5 Å². The molecule has 0 bridgehead atoms. The monoisotopic (exact) mass is 845 g/mol. The highest BCUT2D eigenvalue weighted by atomic mass is 19.4. The largest absolute Gasteiger partial charge is 0.467 e. The van der Waals surface area contributed by atoms with E-state index in [-0.39, 0.29) is 29.9 Å². The third-order valence-corrected chi connectivity index (χ3v) is 10.0. The van der Waals surface area contributed by atoms with Crippen LogP contribution in [0, 0.1) is 17.2 Å². The quantitative estimate of drug-likeness (QED) is 0.211. The molecule has 2 aromatic heterocycles. The second-order valence-corrected chi connectivity index (χ2v) is 14.0. The van der Waals surface area contributed by atoms with Gasteiger partial charge in [0.15, 0.2) is 24.0 Å². The van der Waals surface area contributed by atoms with Crippen LogP contribution in [0.2, 0.25) is 0 Å². The van der Waals surface area contributed by atoms with Gasteiger partial charge in [0.1, 0.15) is 24.3 Å². The van der Waals surface area contributed by atoms with E-state index in [4.69, 9.17) is 33.7 Å². The zero-order chi connectivity index (χ0) is 44.2. The molecule has 4 heterocycles. The lowest BCUT2D eigenvalue weighted by atomic mass is 9.92. The van der Waals surface area contributed by atoms with Gasteiger partial charge in [-0.1, -0.05) is 6.92 Å². The Morgan fingerprint density at radius 2 is 1.62 bits per heavy atom. The Morgan fingerprint density at radius 3 is 2.23 bits per heavy atom. The van der Waals surface area contributed by atoms with Crippen LogP contribution in [0.3, 0.4) is 0 Å². The van der Waals surface area contributed by atoms with Crippen molar-refractivity contribution in [2.45, 2.75) is 83.5 Å². The fraction of sp³-hybridized carbons (Fsp3) is 0.500. The number of ether oxygens (including phenoxy) is 6. The van der Waals surface area contributed by atoms with Crippen LogP contribution in [0.1, 0.15) is 46.1 Å². The first-order chi connectivity index (χ1) is 28.3. The summed E-state index contributed by atoms with van der Waals surface area (Å²) in [5, 5.41) is 9.44. The Hall–Kier alpha value is -6.50. The van der Waals surface area contributed by atoms with Gasteiger partial charge in [-0.3, -0.25) is 28.6 Å². The molecule has 2 fully saturated rings. The number of hydrogen-bond donors (Lipinski definition) is 0. The van der Waals surface area contributed by atoms with E-state index in [1.807, 2.05) is 17.9 Å². The zero-order valence-electron chi connectivity index (χ0n) is 33.5. The number of esters is 4. The van der Waals surface area contributed by atoms with Crippen molar-refractivity contribution in [2.24, 2.45) is 5.92 Å². The molecule has 7 atom stereocenters. The minimum Gasteiger partial charge on any atom is -0.467 e. The fourth-order valence-electron chi connectivity index (χ4n) is 7.11. The molecule has 3 aromatic rings. The molecule has 22 heteroatoms. The molecule has 60 heavy (non-hydrogen) atoms.